The van der Waals surface area contributed by atoms with Gasteiger partial charge in [-0.2, -0.15) is 0 Å². The summed E-state index contributed by atoms with van der Waals surface area (Å²) in [5, 5.41) is 0. The molecule has 5 nitrogen and oxygen atoms in total. The van der Waals surface area contributed by atoms with Crippen LogP contribution in [-0.4, -0.2) is 38.9 Å². The van der Waals surface area contributed by atoms with Crippen LogP contribution >= 0.6 is 0 Å². The number of hydrogen-bond donors (Lipinski definition) is 0. The van der Waals surface area contributed by atoms with E-state index in [0.29, 0.717) is 42.6 Å². The normalized spacial score (nSPS) is 22.9. The Balaban J connectivity index is 1.95. The second kappa shape index (κ2) is 6.48. The molecule has 5 heteroatoms. The summed E-state index contributed by atoms with van der Waals surface area (Å²) in [4.78, 5) is 17.2. The Morgan fingerprint density at radius 2 is 2.18 bits per heavy atom. The summed E-state index contributed by atoms with van der Waals surface area (Å²) in [6, 6.07) is 3.55. The lowest BCUT2D eigenvalue weighted by Crippen LogP contribution is -2.22. The molecule has 0 spiro atoms. The molecule has 2 atom stereocenters. The van der Waals surface area contributed by atoms with E-state index in [1.54, 1.807) is 19.2 Å². The topological polar surface area (TPSA) is 57.1 Å². The van der Waals surface area contributed by atoms with Gasteiger partial charge in [0.25, 0.3) is 0 Å². The number of methoxy groups -OCH3 is 1. The van der Waals surface area contributed by atoms with Crippen LogP contribution in [0.4, 0.5) is 5.69 Å². The average Bonchev–Trinajstić information content (AvgIpc) is 2.96. The number of ketones is 1. The van der Waals surface area contributed by atoms with Crippen LogP contribution in [-0.2, 0) is 4.74 Å². The van der Waals surface area contributed by atoms with Crippen molar-refractivity contribution in [1.82, 2.24) is 0 Å². The fourth-order valence-electron chi connectivity index (χ4n) is 2.82. The zero-order valence-corrected chi connectivity index (χ0v) is 13.0. The van der Waals surface area contributed by atoms with E-state index in [0.717, 1.165) is 12.8 Å². The minimum Gasteiger partial charge on any atom is -0.493 e. The van der Waals surface area contributed by atoms with Crippen LogP contribution in [0.5, 0.6) is 11.5 Å². The van der Waals surface area contributed by atoms with Crippen molar-refractivity contribution >= 4 is 17.7 Å². The molecule has 2 aliphatic heterocycles. The summed E-state index contributed by atoms with van der Waals surface area (Å²) in [7, 11) is 1.58. The van der Waals surface area contributed by atoms with Gasteiger partial charge in [-0.3, -0.25) is 9.79 Å². The van der Waals surface area contributed by atoms with Crippen molar-refractivity contribution in [2.75, 3.05) is 26.9 Å². The molecule has 0 amide bonds. The Morgan fingerprint density at radius 1 is 1.32 bits per heavy atom. The first-order valence-electron chi connectivity index (χ1n) is 7.75. The largest absolute Gasteiger partial charge is 0.493 e. The highest BCUT2D eigenvalue weighted by molar-refractivity contribution is 6.06. The third kappa shape index (κ3) is 2.73. The molecule has 0 N–H and O–H groups in total. The molecule has 1 aromatic rings. The van der Waals surface area contributed by atoms with Crippen molar-refractivity contribution in [2.24, 2.45) is 16.8 Å². The first-order chi connectivity index (χ1) is 10.7. The predicted octanol–water partition coefficient (Wildman–Crippen LogP) is 3.04. The quantitative estimate of drug-likeness (QED) is 0.785. The lowest BCUT2D eigenvalue weighted by Gasteiger charge is -2.14. The SMILES string of the molecule is CCCCOc1cc2c(cc1OC)C(=O)C1COC[C@H]1C=N2. The van der Waals surface area contributed by atoms with Crippen LogP contribution in [0.2, 0.25) is 0 Å². The Morgan fingerprint density at radius 3 is 2.95 bits per heavy atom. The van der Waals surface area contributed by atoms with Gasteiger partial charge in [0.05, 0.1) is 38.5 Å². The van der Waals surface area contributed by atoms with E-state index in [4.69, 9.17) is 14.2 Å². The zero-order chi connectivity index (χ0) is 15.5. The van der Waals surface area contributed by atoms with E-state index < -0.39 is 0 Å². The van der Waals surface area contributed by atoms with Gasteiger partial charge >= 0.3 is 0 Å². The van der Waals surface area contributed by atoms with Gasteiger partial charge in [0.15, 0.2) is 17.3 Å². The number of fused-ring (bicyclic) bond motifs is 2. The maximum absolute atomic E-state index is 12.7. The minimum atomic E-state index is -0.137. The predicted molar refractivity (Wildman–Crippen MR) is 83.7 cm³/mol. The highest BCUT2D eigenvalue weighted by atomic mass is 16.5. The third-order valence-corrected chi connectivity index (χ3v) is 4.17. The van der Waals surface area contributed by atoms with Crippen LogP contribution in [0.25, 0.3) is 0 Å². The molecule has 2 heterocycles. The molecule has 3 rings (SSSR count). The minimum absolute atomic E-state index is 0.0651. The van der Waals surface area contributed by atoms with Gasteiger partial charge in [-0.1, -0.05) is 13.3 Å². The fourth-order valence-corrected chi connectivity index (χ4v) is 2.82. The van der Waals surface area contributed by atoms with E-state index in [1.165, 1.54) is 0 Å². The number of ether oxygens (including phenoxy) is 3. The fraction of sp³-hybridized carbons (Fsp3) is 0.529. The number of hydrogen-bond acceptors (Lipinski definition) is 5. The molecule has 1 unspecified atom stereocenters. The van der Waals surface area contributed by atoms with E-state index >= 15 is 0 Å². The molecule has 0 saturated carbocycles. The molecule has 1 fully saturated rings. The summed E-state index contributed by atoms with van der Waals surface area (Å²) in [5.74, 6) is 1.23. The van der Waals surface area contributed by atoms with Gasteiger partial charge in [0.2, 0.25) is 0 Å². The molecule has 2 aliphatic rings. The third-order valence-electron chi connectivity index (χ3n) is 4.17. The summed E-state index contributed by atoms with van der Waals surface area (Å²) >= 11 is 0. The summed E-state index contributed by atoms with van der Waals surface area (Å²) in [5.41, 5.74) is 1.25. The number of unbranched alkanes of at least 4 members (excludes halogenated alkanes) is 1. The van der Waals surface area contributed by atoms with Crippen LogP contribution in [0.15, 0.2) is 17.1 Å². The monoisotopic (exact) mass is 303 g/mol. The maximum Gasteiger partial charge on any atom is 0.171 e. The van der Waals surface area contributed by atoms with Crippen molar-refractivity contribution in [1.29, 1.82) is 0 Å². The Bertz CT molecular complexity index is 597. The number of Topliss-reactive ketones (excluding diaryl/α,β-unsaturated/α-hetero) is 1. The molecule has 1 saturated heterocycles. The number of nitrogens with zero attached hydrogens (tertiary/aromatic N) is 1. The summed E-state index contributed by atoms with van der Waals surface area (Å²) in [6.07, 6.45) is 3.88. The molecule has 1 aromatic carbocycles. The maximum atomic E-state index is 12.7. The van der Waals surface area contributed by atoms with Gasteiger partial charge in [0, 0.05) is 23.8 Å². The molecular formula is C17H21NO4. The first-order valence-corrected chi connectivity index (χ1v) is 7.75. The van der Waals surface area contributed by atoms with Crippen LogP contribution in [0, 0.1) is 11.8 Å². The average molecular weight is 303 g/mol. The van der Waals surface area contributed by atoms with Crippen molar-refractivity contribution < 1.29 is 19.0 Å². The van der Waals surface area contributed by atoms with Gasteiger partial charge < -0.3 is 14.2 Å². The number of carbonyl (C=O) groups excluding carboxylic acids is 1. The smallest absolute Gasteiger partial charge is 0.171 e. The van der Waals surface area contributed by atoms with Crippen molar-refractivity contribution in [3.8, 4) is 11.5 Å². The van der Waals surface area contributed by atoms with E-state index in [1.807, 2.05) is 6.21 Å². The van der Waals surface area contributed by atoms with E-state index in [9.17, 15) is 4.79 Å². The zero-order valence-electron chi connectivity index (χ0n) is 13.0. The molecule has 0 bridgehead atoms. The standard InChI is InChI=1S/C17H21NO4/c1-3-4-5-22-16-7-14-12(6-15(16)20-2)17(19)13-10-21-9-11(13)8-18-14/h6-8,11,13H,3-5,9-10H2,1-2H3/t11-,13?/m1/s1. The molecule has 0 aliphatic carbocycles. The van der Waals surface area contributed by atoms with Crippen LogP contribution in [0.1, 0.15) is 30.1 Å². The van der Waals surface area contributed by atoms with Crippen molar-refractivity contribution in [3.63, 3.8) is 0 Å². The number of rotatable bonds is 5. The van der Waals surface area contributed by atoms with E-state index in [2.05, 4.69) is 11.9 Å². The Hall–Kier alpha value is -1.88. The van der Waals surface area contributed by atoms with Gasteiger partial charge in [-0.25, -0.2) is 0 Å². The van der Waals surface area contributed by atoms with Crippen molar-refractivity contribution in [2.45, 2.75) is 19.8 Å². The van der Waals surface area contributed by atoms with Crippen molar-refractivity contribution in [3.05, 3.63) is 17.7 Å². The molecular weight excluding hydrogens is 282 g/mol. The lowest BCUT2D eigenvalue weighted by molar-refractivity contribution is 0.0895. The molecule has 0 radical (unpaired) electrons. The van der Waals surface area contributed by atoms with Gasteiger partial charge in [-0.15, -0.1) is 0 Å². The Kier molecular flexibility index (Phi) is 4.43. The van der Waals surface area contributed by atoms with Gasteiger partial charge in [0.1, 0.15) is 0 Å². The summed E-state index contributed by atoms with van der Waals surface area (Å²) in [6.45, 7) is 3.76. The highest BCUT2D eigenvalue weighted by Gasteiger charge is 2.36. The second-order valence-electron chi connectivity index (χ2n) is 5.67. The van der Waals surface area contributed by atoms with Gasteiger partial charge in [-0.05, 0) is 12.5 Å². The second-order valence-corrected chi connectivity index (χ2v) is 5.67. The Labute approximate surface area is 130 Å². The highest BCUT2D eigenvalue weighted by Crippen LogP contribution is 2.39. The molecule has 22 heavy (non-hydrogen) atoms. The number of aliphatic imine (C=N–C) groups is 1. The van der Waals surface area contributed by atoms with Crippen LogP contribution < -0.4 is 9.47 Å². The molecule has 0 aromatic heterocycles. The van der Waals surface area contributed by atoms with Crippen LogP contribution in [0.3, 0.4) is 0 Å². The lowest BCUT2D eigenvalue weighted by atomic mass is 9.89. The van der Waals surface area contributed by atoms with E-state index in [-0.39, 0.29) is 17.6 Å². The molecule has 118 valence electrons. The number of benzene rings is 1. The number of carbonyl (C=O) groups is 1. The first kappa shape index (κ1) is 15.0. The summed E-state index contributed by atoms with van der Waals surface area (Å²) < 4.78 is 16.6.